The lowest BCUT2D eigenvalue weighted by Crippen LogP contribution is -2.58. The predicted octanol–water partition coefficient (Wildman–Crippen LogP) is -4.30. The van der Waals surface area contributed by atoms with Crippen molar-refractivity contribution in [2.45, 2.75) is 62.7 Å². The van der Waals surface area contributed by atoms with Gasteiger partial charge in [0.1, 0.15) is 18.1 Å². The number of imidazole rings is 1. The summed E-state index contributed by atoms with van der Waals surface area (Å²) in [5, 5.41) is 16.1. The highest BCUT2D eigenvalue weighted by molar-refractivity contribution is 5.96. The average molecular weight is 512 g/mol. The van der Waals surface area contributed by atoms with Crippen molar-refractivity contribution >= 4 is 35.5 Å². The van der Waals surface area contributed by atoms with E-state index in [2.05, 4.69) is 25.9 Å². The fourth-order valence-electron chi connectivity index (χ4n) is 3.10. The Morgan fingerprint density at radius 1 is 0.889 bits per heavy atom. The number of H-pyrrole nitrogens is 1. The van der Waals surface area contributed by atoms with Crippen molar-refractivity contribution in [1.82, 2.24) is 25.9 Å². The zero-order valence-corrected chi connectivity index (χ0v) is 19.6. The summed E-state index contributed by atoms with van der Waals surface area (Å²) in [4.78, 5) is 78.8. The molecule has 13 N–H and O–H groups in total. The van der Waals surface area contributed by atoms with Crippen LogP contribution in [0.25, 0.3) is 0 Å². The predicted molar refractivity (Wildman–Crippen MR) is 124 cm³/mol. The van der Waals surface area contributed by atoms with Crippen LogP contribution in [0.5, 0.6) is 0 Å². The van der Waals surface area contributed by atoms with Crippen LogP contribution in [0.1, 0.15) is 37.8 Å². The highest BCUT2D eigenvalue weighted by atomic mass is 16.4. The summed E-state index contributed by atoms with van der Waals surface area (Å²) in [6.45, 7) is 0.420. The number of aromatic amines is 1. The Labute approximate surface area is 206 Å². The Hall–Kier alpha value is -4.05. The molecule has 200 valence electrons. The van der Waals surface area contributed by atoms with Gasteiger partial charge in [-0.3, -0.25) is 24.0 Å². The first-order valence-electron chi connectivity index (χ1n) is 11.1. The Morgan fingerprint density at radius 2 is 1.44 bits per heavy atom. The maximum absolute atomic E-state index is 13.0. The van der Waals surface area contributed by atoms with Gasteiger partial charge >= 0.3 is 5.97 Å². The van der Waals surface area contributed by atoms with Crippen molar-refractivity contribution in [1.29, 1.82) is 0 Å². The van der Waals surface area contributed by atoms with Crippen LogP contribution >= 0.6 is 0 Å². The normalized spacial score (nSPS) is 14.1. The first-order chi connectivity index (χ1) is 16.9. The summed E-state index contributed by atoms with van der Waals surface area (Å²) in [5.41, 5.74) is 21.9. The summed E-state index contributed by atoms with van der Waals surface area (Å²) >= 11 is 0. The summed E-state index contributed by atoms with van der Waals surface area (Å²) in [6.07, 6.45) is 2.74. The van der Waals surface area contributed by atoms with Crippen LogP contribution in [-0.2, 0) is 35.2 Å². The first-order valence-corrected chi connectivity index (χ1v) is 11.1. The fourth-order valence-corrected chi connectivity index (χ4v) is 3.10. The van der Waals surface area contributed by atoms with Crippen LogP contribution in [-0.4, -0.2) is 81.3 Å². The molecule has 1 aromatic rings. The highest BCUT2D eigenvalue weighted by Gasteiger charge is 2.32. The molecule has 16 heteroatoms. The molecule has 4 atom stereocenters. The molecule has 1 rings (SSSR count). The molecule has 0 saturated carbocycles. The third-order valence-corrected chi connectivity index (χ3v) is 4.98. The Morgan fingerprint density at radius 3 is 1.97 bits per heavy atom. The second kappa shape index (κ2) is 15.0. The van der Waals surface area contributed by atoms with Gasteiger partial charge in [0.25, 0.3) is 0 Å². The number of primary amides is 2. The zero-order valence-electron chi connectivity index (χ0n) is 19.6. The standard InChI is InChI=1S/C20H33N9O7/c21-4-2-1-3-11(22)17(32)27-13(6-15(23)30)19(34)28-12(5-10-8-25-9-26-10)18(33)29-14(20(35)36)7-16(24)31/h8-9,11-14H,1-7,21-22H2,(H2,23,30)(H2,24,31)(H,25,26)(H,27,32)(H,28,34)(H,29,33)(H,35,36). The van der Waals surface area contributed by atoms with Gasteiger partial charge in [-0.15, -0.1) is 0 Å². The van der Waals surface area contributed by atoms with E-state index in [1.807, 2.05) is 0 Å². The van der Waals surface area contributed by atoms with E-state index >= 15 is 0 Å². The molecule has 0 bridgehead atoms. The molecule has 5 amide bonds. The quantitative estimate of drug-likeness (QED) is 0.0906. The van der Waals surface area contributed by atoms with Crippen LogP contribution in [0.2, 0.25) is 0 Å². The van der Waals surface area contributed by atoms with E-state index in [0.717, 1.165) is 0 Å². The van der Waals surface area contributed by atoms with Gasteiger partial charge in [0.15, 0.2) is 0 Å². The lowest BCUT2D eigenvalue weighted by Gasteiger charge is -2.24. The second-order valence-corrected chi connectivity index (χ2v) is 8.03. The van der Waals surface area contributed by atoms with Gasteiger partial charge in [0.2, 0.25) is 29.5 Å². The number of nitrogens with two attached hydrogens (primary N) is 4. The minimum Gasteiger partial charge on any atom is -0.480 e. The molecule has 0 fully saturated rings. The molecule has 4 unspecified atom stereocenters. The summed E-state index contributed by atoms with van der Waals surface area (Å²) in [7, 11) is 0. The molecule has 0 aliphatic carbocycles. The third kappa shape index (κ3) is 10.9. The number of carbonyl (C=O) groups is 6. The molecule has 16 nitrogen and oxygen atoms in total. The van der Waals surface area contributed by atoms with Gasteiger partial charge in [-0.2, -0.15) is 0 Å². The smallest absolute Gasteiger partial charge is 0.326 e. The summed E-state index contributed by atoms with van der Waals surface area (Å²) in [6, 6.07) is -5.48. The number of rotatable bonds is 17. The number of carbonyl (C=O) groups excluding carboxylic acids is 5. The van der Waals surface area contributed by atoms with Gasteiger partial charge in [-0.05, 0) is 19.4 Å². The number of carboxylic acid groups (broad SMARTS) is 1. The third-order valence-electron chi connectivity index (χ3n) is 4.98. The van der Waals surface area contributed by atoms with Crippen LogP contribution in [0.15, 0.2) is 12.5 Å². The highest BCUT2D eigenvalue weighted by Crippen LogP contribution is 2.04. The minimum atomic E-state index is -1.65. The summed E-state index contributed by atoms with van der Waals surface area (Å²) in [5.74, 6) is -6.02. The van der Waals surface area contributed by atoms with E-state index < -0.39 is 72.5 Å². The van der Waals surface area contributed by atoms with E-state index in [1.165, 1.54) is 12.5 Å². The Bertz CT molecular complexity index is 923. The van der Waals surface area contributed by atoms with E-state index in [-0.39, 0.29) is 12.8 Å². The van der Waals surface area contributed by atoms with Crippen LogP contribution < -0.4 is 38.9 Å². The van der Waals surface area contributed by atoms with Crippen LogP contribution in [0.4, 0.5) is 0 Å². The number of amides is 5. The molecule has 0 aromatic carbocycles. The van der Waals surface area contributed by atoms with Crippen molar-refractivity contribution in [3.63, 3.8) is 0 Å². The Balaban J connectivity index is 3.03. The SMILES string of the molecule is NCCCCC(N)C(=O)NC(CC(N)=O)C(=O)NC(Cc1cnc[nH]1)C(=O)NC(CC(N)=O)C(=O)O. The minimum absolute atomic E-state index is 0.170. The number of unbranched alkanes of at least 4 members (excludes halogenated alkanes) is 1. The zero-order chi connectivity index (χ0) is 27.3. The largest absolute Gasteiger partial charge is 0.480 e. The molecular formula is C20H33N9O7. The van der Waals surface area contributed by atoms with Crippen LogP contribution in [0, 0.1) is 0 Å². The lowest BCUT2D eigenvalue weighted by atomic mass is 10.1. The summed E-state index contributed by atoms with van der Waals surface area (Å²) < 4.78 is 0. The van der Waals surface area contributed by atoms with Crippen molar-refractivity contribution in [3.05, 3.63) is 18.2 Å². The number of hydrogen-bond donors (Lipinski definition) is 9. The molecule has 0 saturated heterocycles. The number of carboxylic acids is 1. The van der Waals surface area contributed by atoms with Crippen molar-refractivity contribution in [3.8, 4) is 0 Å². The molecule has 1 aromatic heterocycles. The van der Waals surface area contributed by atoms with Gasteiger partial charge in [0.05, 0.1) is 25.2 Å². The van der Waals surface area contributed by atoms with Crippen molar-refractivity contribution in [2.75, 3.05) is 6.54 Å². The average Bonchev–Trinajstić information content (AvgIpc) is 3.30. The van der Waals surface area contributed by atoms with E-state index in [4.69, 9.17) is 22.9 Å². The topological polar surface area (TPSA) is 292 Å². The van der Waals surface area contributed by atoms with Gasteiger partial charge in [0, 0.05) is 18.3 Å². The Kier molecular flexibility index (Phi) is 12.5. The fraction of sp³-hybridized carbons (Fsp3) is 0.550. The van der Waals surface area contributed by atoms with Gasteiger partial charge in [-0.1, -0.05) is 6.42 Å². The lowest BCUT2D eigenvalue weighted by molar-refractivity contribution is -0.143. The molecule has 0 aliphatic rings. The first kappa shape index (κ1) is 30.0. The van der Waals surface area contributed by atoms with E-state index in [0.29, 0.717) is 25.1 Å². The molecule has 0 aliphatic heterocycles. The molecular weight excluding hydrogens is 478 g/mol. The maximum atomic E-state index is 13.0. The van der Waals surface area contributed by atoms with Gasteiger partial charge < -0.3 is 49.0 Å². The monoisotopic (exact) mass is 511 g/mol. The van der Waals surface area contributed by atoms with E-state index in [9.17, 15) is 33.9 Å². The van der Waals surface area contributed by atoms with E-state index in [1.54, 1.807) is 0 Å². The number of hydrogen-bond acceptors (Lipinski definition) is 9. The maximum Gasteiger partial charge on any atom is 0.326 e. The molecule has 36 heavy (non-hydrogen) atoms. The number of nitrogens with one attached hydrogen (secondary N) is 4. The van der Waals surface area contributed by atoms with Gasteiger partial charge in [-0.25, -0.2) is 9.78 Å². The second-order valence-electron chi connectivity index (χ2n) is 8.03. The van der Waals surface area contributed by atoms with Crippen LogP contribution in [0.3, 0.4) is 0 Å². The number of aromatic nitrogens is 2. The molecule has 0 radical (unpaired) electrons. The number of nitrogens with zero attached hydrogens (tertiary/aromatic N) is 1. The molecule has 1 heterocycles. The van der Waals surface area contributed by atoms with Crippen molar-refractivity contribution < 1.29 is 33.9 Å². The number of aliphatic carboxylic acids is 1. The molecule has 0 spiro atoms. The van der Waals surface area contributed by atoms with Crippen molar-refractivity contribution in [2.24, 2.45) is 22.9 Å².